The monoisotopic (exact) mass is 330 g/mol. The van der Waals surface area contributed by atoms with E-state index < -0.39 is 27.2 Å². The van der Waals surface area contributed by atoms with Gasteiger partial charge in [-0.2, -0.15) is 4.31 Å². The van der Waals surface area contributed by atoms with Crippen LogP contribution in [-0.2, 0) is 24.1 Å². The lowest BCUT2D eigenvalue weighted by atomic mass is 10.3. The van der Waals surface area contributed by atoms with Gasteiger partial charge in [-0.15, -0.1) is 0 Å². The molecule has 1 saturated heterocycles. The van der Waals surface area contributed by atoms with Crippen molar-refractivity contribution in [2.45, 2.75) is 0 Å². The van der Waals surface area contributed by atoms with E-state index >= 15 is 0 Å². The normalized spacial score (nSPS) is 16.8. The maximum Gasteiger partial charge on any atom is 0.331 e. The zero-order valence-corrected chi connectivity index (χ0v) is 13.5. The molecule has 9 nitrogen and oxygen atoms in total. The molecule has 0 aromatic carbocycles. The molecule has 0 aliphatic carbocycles. The number of sulfonamides is 1. The van der Waals surface area contributed by atoms with E-state index in [0.717, 1.165) is 21.5 Å². The smallest absolute Gasteiger partial charge is 0.331 e. The van der Waals surface area contributed by atoms with Gasteiger partial charge >= 0.3 is 5.69 Å². The fourth-order valence-electron chi connectivity index (χ4n) is 2.32. The average Bonchev–Trinajstić information content (AvgIpc) is 2.47. The van der Waals surface area contributed by atoms with Crippen molar-refractivity contribution >= 4 is 15.9 Å². The zero-order chi connectivity index (χ0) is 16.7. The number of amides is 1. The molecule has 1 fully saturated rings. The number of aromatic nitrogens is 2. The first-order valence-electron chi connectivity index (χ1n) is 6.64. The van der Waals surface area contributed by atoms with E-state index in [1.165, 1.54) is 23.3 Å². The van der Waals surface area contributed by atoms with E-state index in [1.54, 1.807) is 0 Å². The van der Waals surface area contributed by atoms with Gasteiger partial charge < -0.3 is 4.90 Å². The van der Waals surface area contributed by atoms with Crippen LogP contribution in [0.15, 0.2) is 15.7 Å². The number of carbonyl (C=O) groups excluding carboxylic acids is 1. The zero-order valence-electron chi connectivity index (χ0n) is 12.6. The maximum atomic E-state index is 12.4. The van der Waals surface area contributed by atoms with Gasteiger partial charge in [-0.05, 0) is 0 Å². The van der Waals surface area contributed by atoms with Crippen molar-refractivity contribution in [3.63, 3.8) is 0 Å². The number of rotatable bonds is 2. The van der Waals surface area contributed by atoms with E-state index in [-0.39, 0.29) is 31.9 Å². The van der Waals surface area contributed by atoms with Gasteiger partial charge in [0.25, 0.3) is 11.5 Å². The van der Waals surface area contributed by atoms with Crippen molar-refractivity contribution < 1.29 is 13.2 Å². The molecule has 1 aromatic rings. The molecule has 0 N–H and O–H groups in total. The minimum Gasteiger partial charge on any atom is -0.335 e. The molecular formula is C12H18N4O5S. The van der Waals surface area contributed by atoms with Crippen molar-refractivity contribution in [2.75, 3.05) is 32.4 Å². The Kier molecular flexibility index (Phi) is 4.25. The molecule has 0 bridgehead atoms. The summed E-state index contributed by atoms with van der Waals surface area (Å²) in [6, 6.07) is 1.12. The van der Waals surface area contributed by atoms with Crippen LogP contribution >= 0.6 is 0 Å². The lowest BCUT2D eigenvalue weighted by Gasteiger charge is -2.33. The van der Waals surface area contributed by atoms with Crippen molar-refractivity contribution in [3.05, 3.63) is 32.6 Å². The van der Waals surface area contributed by atoms with E-state index in [2.05, 4.69) is 0 Å². The number of nitrogens with zero attached hydrogens (tertiary/aromatic N) is 4. The number of hydrogen-bond acceptors (Lipinski definition) is 5. The van der Waals surface area contributed by atoms with Crippen molar-refractivity contribution in [2.24, 2.45) is 14.1 Å². The summed E-state index contributed by atoms with van der Waals surface area (Å²) in [5, 5.41) is 0. The van der Waals surface area contributed by atoms with Crippen LogP contribution in [0.1, 0.15) is 10.5 Å². The van der Waals surface area contributed by atoms with E-state index in [0.29, 0.717) is 0 Å². The lowest BCUT2D eigenvalue weighted by molar-refractivity contribution is 0.0686. The average molecular weight is 330 g/mol. The van der Waals surface area contributed by atoms with Crippen molar-refractivity contribution in [1.82, 2.24) is 18.3 Å². The van der Waals surface area contributed by atoms with Crippen LogP contribution in [0.4, 0.5) is 0 Å². The molecule has 2 heterocycles. The number of hydrogen-bond donors (Lipinski definition) is 0. The second-order valence-electron chi connectivity index (χ2n) is 5.22. The third kappa shape index (κ3) is 2.97. The van der Waals surface area contributed by atoms with Crippen LogP contribution < -0.4 is 11.2 Å². The van der Waals surface area contributed by atoms with Crippen LogP contribution in [0.3, 0.4) is 0 Å². The molecule has 10 heteroatoms. The molecule has 1 aliphatic rings. The summed E-state index contributed by atoms with van der Waals surface area (Å²) in [5.74, 6) is -0.453. The van der Waals surface area contributed by atoms with Crippen LogP contribution in [0.5, 0.6) is 0 Å². The highest BCUT2D eigenvalue weighted by Crippen LogP contribution is 2.09. The second kappa shape index (κ2) is 5.69. The summed E-state index contributed by atoms with van der Waals surface area (Å²) in [7, 11) is -0.525. The van der Waals surface area contributed by atoms with Crippen molar-refractivity contribution in [1.29, 1.82) is 0 Å². The fraction of sp³-hybridized carbons (Fsp3) is 0.583. The first-order valence-corrected chi connectivity index (χ1v) is 8.49. The predicted octanol–water partition coefficient (Wildman–Crippen LogP) is -2.20. The summed E-state index contributed by atoms with van der Waals surface area (Å²) in [4.78, 5) is 37.4. The lowest BCUT2D eigenvalue weighted by Crippen LogP contribution is -2.51. The molecule has 122 valence electrons. The Bertz CT molecular complexity index is 815. The minimum atomic E-state index is -3.28. The molecule has 1 aromatic heterocycles. The Labute approximate surface area is 127 Å². The van der Waals surface area contributed by atoms with E-state index in [9.17, 15) is 22.8 Å². The highest BCUT2D eigenvalue weighted by atomic mass is 32.2. The summed E-state index contributed by atoms with van der Waals surface area (Å²) in [6.07, 6.45) is 1.12. The quantitative estimate of drug-likeness (QED) is 0.612. The second-order valence-corrected chi connectivity index (χ2v) is 7.21. The van der Waals surface area contributed by atoms with E-state index in [1.807, 2.05) is 0 Å². The van der Waals surface area contributed by atoms with Crippen LogP contribution in [0.25, 0.3) is 0 Å². The number of piperazine rings is 1. The first kappa shape index (κ1) is 16.4. The third-order valence-electron chi connectivity index (χ3n) is 3.74. The predicted molar refractivity (Wildman–Crippen MR) is 79.2 cm³/mol. The Morgan fingerprint density at radius 3 is 2.09 bits per heavy atom. The molecule has 0 radical (unpaired) electrons. The summed E-state index contributed by atoms with van der Waals surface area (Å²) in [6.45, 7) is 0.831. The summed E-state index contributed by atoms with van der Waals surface area (Å²) < 4.78 is 26.2. The van der Waals surface area contributed by atoms with Crippen LogP contribution in [0, 0.1) is 0 Å². The van der Waals surface area contributed by atoms with Gasteiger partial charge in [-0.1, -0.05) is 0 Å². The van der Waals surface area contributed by atoms with E-state index in [4.69, 9.17) is 0 Å². The van der Waals surface area contributed by atoms with Gasteiger partial charge in [-0.25, -0.2) is 13.2 Å². The Morgan fingerprint density at radius 1 is 1.05 bits per heavy atom. The topological polar surface area (TPSA) is 102 Å². The Balaban J connectivity index is 2.25. The molecular weight excluding hydrogens is 312 g/mol. The van der Waals surface area contributed by atoms with Crippen LogP contribution in [0.2, 0.25) is 0 Å². The third-order valence-corrected chi connectivity index (χ3v) is 5.04. The number of carbonyl (C=O) groups is 1. The van der Waals surface area contributed by atoms with Gasteiger partial charge in [0.15, 0.2) is 0 Å². The largest absolute Gasteiger partial charge is 0.335 e. The molecule has 1 amide bonds. The standard InChI is InChI=1S/C12H18N4O5S/c1-13-9(8-10(17)14(2)12(13)19)11(18)15-4-6-16(7-5-15)22(3,20)21/h8H,4-7H2,1-3H3. The molecule has 0 saturated carbocycles. The first-order chi connectivity index (χ1) is 10.1. The van der Waals surface area contributed by atoms with Gasteiger partial charge in [0.05, 0.1) is 6.26 Å². The highest BCUT2D eigenvalue weighted by Gasteiger charge is 2.28. The molecule has 0 atom stereocenters. The molecule has 1 aliphatic heterocycles. The van der Waals surface area contributed by atoms with Crippen LogP contribution in [-0.4, -0.2) is 65.1 Å². The molecule has 22 heavy (non-hydrogen) atoms. The molecule has 2 rings (SSSR count). The summed E-state index contributed by atoms with van der Waals surface area (Å²) in [5.41, 5.74) is -1.13. The highest BCUT2D eigenvalue weighted by molar-refractivity contribution is 7.88. The van der Waals surface area contributed by atoms with Gasteiger partial charge in [-0.3, -0.25) is 18.7 Å². The molecule has 0 spiro atoms. The van der Waals surface area contributed by atoms with Gasteiger partial charge in [0.2, 0.25) is 10.0 Å². The minimum absolute atomic E-state index is 0.000839. The maximum absolute atomic E-state index is 12.4. The fourth-order valence-corrected chi connectivity index (χ4v) is 3.15. The summed E-state index contributed by atoms with van der Waals surface area (Å²) >= 11 is 0. The van der Waals surface area contributed by atoms with Gasteiger partial charge in [0, 0.05) is 46.3 Å². The SMILES string of the molecule is Cn1c(C(=O)N2CCN(S(C)(=O)=O)CC2)cc(=O)n(C)c1=O. The van der Waals surface area contributed by atoms with Crippen molar-refractivity contribution in [3.8, 4) is 0 Å². The van der Waals surface area contributed by atoms with Gasteiger partial charge in [0.1, 0.15) is 5.69 Å². The Hall–Kier alpha value is -1.94. The molecule has 0 unspecified atom stereocenters. The Morgan fingerprint density at radius 2 is 1.59 bits per heavy atom.